The lowest BCUT2D eigenvalue weighted by Crippen LogP contribution is -1.82. The van der Waals surface area contributed by atoms with E-state index >= 15 is 0 Å². The molecular formula is C65H80. The number of hydrogen-bond donors (Lipinski definition) is 0. The van der Waals surface area contributed by atoms with Crippen molar-refractivity contribution in [2.24, 2.45) is 0 Å². The highest BCUT2D eigenvalue weighted by Gasteiger charge is 1.94. The molecule has 0 fully saturated rings. The summed E-state index contributed by atoms with van der Waals surface area (Å²) < 4.78 is 0. The van der Waals surface area contributed by atoms with Crippen molar-refractivity contribution in [1.82, 2.24) is 0 Å². The first-order chi connectivity index (χ1) is 31.3. The molecule has 0 amide bonds. The number of aryl methyl sites for hydroxylation is 10. The van der Waals surface area contributed by atoms with Crippen molar-refractivity contribution in [3.63, 3.8) is 0 Å². The molecule has 0 nitrogen and oxygen atoms in total. The highest BCUT2D eigenvalue weighted by atomic mass is 14.0. The maximum Gasteiger partial charge on any atom is -0.0155 e. The van der Waals surface area contributed by atoms with E-state index in [4.69, 9.17) is 0 Å². The highest BCUT2D eigenvalue weighted by Crippen LogP contribution is 2.18. The smallest absolute Gasteiger partial charge is 0.0155 e. The van der Waals surface area contributed by atoms with Crippen molar-refractivity contribution in [2.75, 3.05) is 0 Å². The van der Waals surface area contributed by atoms with Gasteiger partial charge in [-0.15, -0.1) is 0 Å². The Hall–Kier alpha value is -6.50. The quantitative estimate of drug-likeness (QED) is 0.142. The number of fused-ring (bicyclic) bond motifs is 2. The van der Waals surface area contributed by atoms with Gasteiger partial charge in [0.05, 0.1) is 0 Å². The topological polar surface area (TPSA) is 0 Å². The molecule has 65 heavy (non-hydrogen) atoms. The van der Waals surface area contributed by atoms with Gasteiger partial charge in [0, 0.05) is 0 Å². The van der Waals surface area contributed by atoms with Gasteiger partial charge in [0.15, 0.2) is 0 Å². The fourth-order valence-corrected chi connectivity index (χ4v) is 6.19. The summed E-state index contributed by atoms with van der Waals surface area (Å²) in [4.78, 5) is 0. The largest absolute Gasteiger partial charge is 0.0683 e. The average molecular weight is 861 g/mol. The van der Waals surface area contributed by atoms with E-state index in [1.807, 2.05) is 64.1 Å². The molecule has 0 saturated heterocycles. The van der Waals surface area contributed by atoms with Gasteiger partial charge in [-0.1, -0.05) is 273 Å². The zero-order valence-electron chi connectivity index (χ0n) is 42.7. The van der Waals surface area contributed by atoms with Gasteiger partial charge in [-0.3, -0.25) is 0 Å². The first kappa shape index (κ1) is 56.5. The summed E-state index contributed by atoms with van der Waals surface area (Å²) in [5.41, 5.74) is 14.9. The summed E-state index contributed by atoms with van der Waals surface area (Å²) in [6.07, 6.45) is 0. The van der Waals surface area contributed by atoms with Gasteiger partial charge in [-0.2, -0.15) is 0 Å². The normalized spacial score (nSPS) is 9.15. The Bertz CT molecular complexity index is 2380. The zero-order chi connectivity index (χ0) is 48.4. The SMILES string of the molecule is CC.CC.Cc1ccc(C)cc1.Cc1cccc(C)c1.Cc1cccc(C)c1C.Cc1cccc2ccccc12.Cc1cccc2ccccc12.Cc1ccccc1.Cc1ccccc1. The van der Waals surface area contributed by atoms with Crippen LogP contribution in [0.25, 0.3) is 21.5 Å². The first-order valence-electron chi connectivity index (χ1n) is 23.4. The van der Waals surface area contributed by atoms with Crippen molar-refractivity contribution in [1.29, 1.82) is 0 Å². The van der Waals surface area contributed by atoms with Crippen LogP contribution < -0.4 is 0 Å². The van der Waals surface area contributed by atoms with E-state index in [1.54, 1.807) is 0 Å². The van der Waals surface area contributed by atoms with Gasteiger partial charge >= 0.3 is 0 Å². The van der Waals surface area contributed by atoms with Crippen LogP contribution in [0.4, 0.5) is 0 Å². The molecule has 0 heteroatoms. The minimum atomic E-state index is 1.32. The van der Waals surface area contributed by atoms with Crippen LogP contribution in [0.5, 0.6) is 0 Å². The maximum atomic E-state index is 2.17. The van der Waals surface area contributed by atoms with E-state index in [1.165, 1.54) is 82.7 Å². The molecule has 0 unspecified atom stereocenters. The summed E-state index contributed by atoms with van der Waals surface area (Å²) in [5.74, 6) is 0. The second-order valence-electron chi connectivity index (χ2n) is 15.7. The van der Waals surface area contributed by atoms with Crippen molar-refractivity contribution >= 4 is 21.5 Å². The van der Waals surface area contributed by atoms with E-state index in [9.17, 15) is 0 Å². The van der Waals surface area contributed by atoms with Gasteiger partial charge in [-0.25, -0.2) is 0 Å². The van der Waals surface area contributed by atoms with Gasteiger partial charge < -0.3 is 0 Å². The van der Waals surface area contributed by atoms with Crippen LogP contribution >= 0.6 is 0 Å². The molecule has 0 radical (unpaired) electrons. The Morgan fingerprint density at radius 1 is 0.200 bits per heavy atom. The Morgan fingerprint density at radius 2 is 0.446 bits per heavy atom. The molecular weight excluding hydrogens is 781 g/mol. The fraction of sp³-hybridized carbons (Fsp3) is 0.231. The molecule has 0 aliphatic carbocycles. The molecule has 0 N–H and O–H groups in total. The summed E-state index contributed by atoms with van der Waals surface area (Å²) in [6, 6.07) is 73.5. The third kappa shape index (κ3) is 24.2. The number of rotatable bonds is 0. The fourth-order valence-electron chi connectivity index (χ4n) is 6.19. The summed E-state index contributed by atoms with van der Waals surface area (Å²) in [7, 11) is 0. The molecule has 9 aromatic carbocycles. The first-order valence-corrected chi connectivity index (χ1v) is 23.4. The van der Waals surface area contributed by atoms with Crippen LogP contribution in [0.2, 0.25) is 0 Å². The third-order valence-electron chi connectivity index (χ3n) is 10.2. The second-order valence-corrected chi connectivity index (χ2v) is 15.7. The van der Waals surface area contributed by atoms with Crippen LogP contribution in [-0.4, -0.2) is 0 Å². The lowest BCUT2D eigenvalue weighted by Gasteiger charge is -2.00. The standard InChI is InChI=1S/2C11H10.C9H12.2C8H10.2C7H8.2C2H6/c2*1-9-5-4-7-10-6-2-3-8-11(9)10;1-7-5-4-6-8(2)9(7)3;1-7-3-5-8(2)6-4-7;1-7-4-3-5-8(2)6-7;2*1-7-5-3-2-4-6-7;2*1-2/h2*2-8H,1H3;4-6H,1-3H3;2*3-6H,1-2H3;2*2-6H,1H3;2*1-2H3. The van der Waals surface area contributed by atoms with Crippen LogP contribution in [0.3, 0.4) is 0 Å². The molecule has 9 aromatic rings. The minimum absolute atomic E-state index is 1.32. The van der Waals surface area contributed by atoms with Gasteiger partial charge in [0.25, 0.3) is 0 Å². The molecule has 0 aliphatic heterocycles. The lowest BCUT2D eigenvalue weighted by atomic mass is 10.1. The Balaban J connectivity index is 0.000000377. The second kappa shape index (κ2) is 34.0. The third-order valence-corrected chi connectivity index (χ3v) is 10.2. The summed E-state index contributed by atoms with van der Waals surface area (Å²) >= 11 is 0. The van der Waals surface area contributed by atoms with Crippen LogP contribution in [0, 0.1) is 76.2 Å². The van der Waals surface area contributed by atoms with Crippen LogP contribution in [-0.2, 0) is 0 Å². The lowest BCUT2D eigenvalue weighted by molar-refractivity contribution is 1.27. The van der Waals surface area contributed by atoms with Gasteiger partial charge in [0.1, 0.15) is 0 Å². The van der Waals surface area contributed by atoms with Gasteiger partial charge in [0.2, 0.25) is 0 Å². The maximum absolute atomic E-state index is 2.17. The molecule has 0 atom stereocenters. The Morgan fingerprint density at radius 3 is 0.723 bits per heavy atom. The highest BCUT2D eigenvalue weighted by molar-refractivity contribution is 5.86. The summed E-state index contributed by atoms with van der Waals surface area (Å²) in [6.45, 7) is 31.3. The van der Waals surface area contributed by atoms with E-state index in [2.05, 4.69) is 252 Å². The molecule has 0 spiro atoms. The van der Waals surface area contributed by atoms with E-state index in [0.717, 1.165) is 0 Å². The molecule has 0 bridgehead atoms. The summed E-state index contributed by atoms with van der Waals surface area (Å²) in [5, 5.41) is 5.37. The Kier molecular flexibility index (Phi) is 29.5. The molecule has 0 saturated carbocycles. The predicted octanol–water partition coefficient (Wildman–Crippen LogP) is 19.6. The van der Waals surface area contributed by atoms with Gasteiger partial charge in [-0.05, 0) is 126 Å². The number of benzene rings is 9. The molecule has 9 rings (SSSR count). The average Bonchev–Trinajstić information content (AvgIpc) is 3.33. The van der Waals surface area contributed by atoms with Crippen molar-refractivity contribution < 1.29 is 0 Å². The zero-order valence-corrected chi connectivity index (χ0v) is 42.7. The molecule has 0 aliphatic rings. The molecule has 340 valence electrons. The van der Waals surface area contributed by atoms with Crippen molar-refractivity contribution in [3.05, 3.63) is 274 Å². The monoisotopic (exact) mass is 861 g/mol. The predicted molar refractivity (Wildman–Crippen MR) is 295 cm³/mol. The van der Waals surface area contributed by atoms with Crippen LogP contribution in [0.15, 0.2) is 212 Å². The number of hydrogen-bond acceptors (Lipinski definition) is 0. The van der Waals surface area contributed by atoms with Crippen LogP contribution in [0.1, 0.15) is 88.9 Å². The minimum Gasteiger partial charge on any atom is -0.0683 e. The molecule has 0 heterocycles. The molecule has 0 aromatic heterocycles. The van der Waals surface area contributed by atoms with E-state index in [-0.39, 0.29) is 0 Å². The van der Waals surface area contributed by atoms with E-state index in [0.29, 0.717) is 0 Å². The van der Waals surface area contributed by atoms with Crippen molar-refractivity contribution in [2.45, 2.75) is 104 Å². The van der Waals surface area contributed by atoms with Crippen molar-refractivity contribution in [3.8, 4) is 0 Å². The van der Waals surface area contributed by atoms with E-state index < -0.39 is 0 Å². The Labute approximate surface area is 397 Å².